The standard InChI is InChI=1S/C20H20N2O7S/c1-27-16-3-2-4-17(13-16)30(25,26)22-9-7-21(8-10-22)15-5-6-18-14(11-15)12-19(28-18)29-20(23)24/h2-6,11-13H,7-10H2,1H3,(H,23,24). The van der Waals surface area contributed by atoms with E-state index < -0.39 is 16.2 Å². The number of hydrogen-bond donors (Lipinski definition) is 1. The predicted molar refractivity (Wildman–Crippen MR) is 109 cm³/mol. The van der Waals surface area contributed by atoms with Crippen molar-refractivity contribution < 1.29 is 32.2 Å². The molecule has 9 nitrogen and oxygen atoms in total. The van der Waals surface area contributed by atoms with E-state index in [1.807, 2.05) is 12.1 Å². The summed E-state index contributed by atoms with van der Waals surface area (Å²) in [5.41, 5.74) is 1.40. The van der Waals surface area contributed by atoms with Crippen molar-refractivity contribution in [2.75, 3.05) is 38.2 Å². The second-order valence-electron chi connectivity index (χ2n) is 6.73. The monoisotopic (exact) mass is 432 g/mol. The van der Waals surface area contributed by atoms with Crippen molar-refractivity contribution in [3.8, 4) is 11.7 Å². The highest BCUT2D eigenvalue weighted by atomic mass is 32.2. The molecule has 0 spiro atoms. The summed E-state index contributed by atoms with van der Waals surface area (Å²) in [6.45, 7) is 1.72. The van der Waals surface area contributed by atoms with Crippen molar-refractivity contribution in [2.24, 2.45) is 0 Å². The minimum atomic E-state index is -3.60. The fraction of sp³-hybridized carbons (Fsp3) is 0.250. The van der Waals surface area contributed by atoms with Gasteiger partial charge in [0.1, 0.15) is 11.3 Å². The number of nitrogens with zero attached hydrogens (tertiary/aromatic N) is 2. The highest BCUT2D eigenvalue weighted by Gasteiger charge is 2.29. The molecule has 1 fully saturated rings. The Morgan fingerprint density at radius 1 is 1.07 bits per heavy atom. The van der Waals surface area contributed by atoms with Crippen LogP contribution in [0.1, 0.15) is 0 Å². The molecule has 0 aliphatic carbocycles. The normalized spacial score (nSPS) is 15.3. The second-order valence-corrected chi connectivity index (χ2v) is 8.66. The van der Waals surface area contributed by atoms with E-state index >= 15 is 0 Å². The zero-order valence-corrected chi connectivity index (χ0v) is 17.0. The maximum Gasteiger partial charge on any atom is 0.513 e. The Bertz CT molecular complexity index is 1180. The van der Waals surface area contributed by atoms with Crippen LogP contribution in [-0.4, -0.2) is 57.3 Å². The van der Waals surface area contributed by atoms with Crippen LogP contribution in [0.3, 0.4) is 0 Å². The van der Waals surface area contributed by atoms with E-state index in [0.717, 1.165) is 5.69 Å². The third-order valence-corrected chi connectivity index (χ3v) is 6.84. The van der Waals surface area contributed by atoms with Gasteiger partial charge in [0, 0.05) is 49.4 Å². The molecule has 2 aromatic carbocycles. The SMILES string of the molecule is COc1cccc(S(=O)(=O)N2CCN(c3ccc4oc(OC(=O)O)cc4c3)CC2)c1. The van der Waals surface area contributed by atoms with Gasteiger partial charge in [-0.1, -0.05) is 6.07 Å². The molecular weight excluding hydrogens is 412 g/mol. The number of carboxylic acid groups (broad SMARTS) is 1. The van der Waals surface area contributed by atoms with Crippen LogP contribution in [0.4, 0.5) is 10.5 Å². The summed E-state index contributed by atoms with van der Waals surface area (Å²) < 4.78 is 42.4. The summed E-state index contributed by atoms with van der Waals surface area (Å²) in [6.07, 6.45) is -1.44. The molecule has 0 saturated carbocycles. The van der Waals surface area contributed by atoms with Crippen molar-refractivity contribution in [2.45, 2.75) is 4.90 Å². The average molecular weight is 432 g/mol. The van der Waals surface area contributed by atoms with E-state index in [1.54, 1.807) is 24.3 Å². The minimum absolute atomic E-state index is 0.0937. The van der Waals surface area contributed by atoms with Gasteiger partial charge < -0.3 is 23.9 Å². The molecule has 1 N–H and O–H groups in total. The van der Waals surface area contributed by atoms with E-state index in [9.17, 15) is 13.2 Å². The lowest BCUT2D eigenvalue weighted by molar-refractivity contribution is 0.134. The molecule has 0 atom stereocenters. The van der Waals surface area contributed by atoms with Gasteiger partial charge in [-0.05, 0) is 30.3 Å². The number of carbonyl (C=O) groups is 1. The lowest BCUT2D eigenvalue weighted by Crippen LogP contribution is -2.48. The Hall–Kier alpha value is -3.24. The summed E-state index contributed by atoms with van der Waals surface area (Å²) >= 11 is 0. The Labute approximate surface area is 173 Å². The van der Waals surface area contributed by atoms with E-state index in [2.05, 4.69) is 9.64 Å². The summed E-state index contributed by atoms with van der Waals surface area (Å²) in [5.74, 6) is 0.401. The number of fused-ring (bicyclic) bond motifs is 1. The van der Waals surface area contributed by atoms with Crippen molar-refractivity contribution in [3.05, 3.63) is 48.5 Å². The second kappa shape index (κ2) is 7.88. The molecule has 0 amide bonds. The Kier molecular flexibility index (Phi) is 5.27. The topological polar surface area (TPSA) is 110 Å². The minimum Gasteiger partial charge on any atom is -0.497 e. The van der Waals surface area contributed by atoms with E-state index in [-0.39, 0.29) is 10.8 Å². The molecule has 2 heterocycles. The first-order valence-electron chi connectivity index (χ1n) is 9.20. The largest absolute Gasteiger partial charge is 0.513 e. The number of anilines is 1. The molecule has 10 heteroatoms. The lowest BCUT2D eigenvalue weighted by Gasteiger charge is -2.35. The maximum absolute atomic E-state index is 12.9. The van der Waals surface area contributed by atoms with Crippen LogP contribution in [0.25, 0.3) is 11.0 Å². The van der Waals surface area contributed by atoms with Crippen molar-refractivity contribution in [1.82, 2.24) is 4.31 Å². The molecule has 4 rings (SSSR count). The fourth-order valence-electron chi connectivity index (χ4n) is 3.44. The molecule has 158 valence electrons. The van der Waals surface area contributed by atoms with Gasteiger partial charge in [0.15, 0.2) is 0 Å². The van der Waals surface area contributed by atoms with Gasteiger partial charge in [0.05, 0.1) is 12.0 Å². The Morgan fingerprint density at radius 3 is 2.53 bits per heavy atom. The first-order chi connectivity index (χ1) is 14.4. The van der Waals surface area contributed by atoms with Gasteiger partial charge in [-0.15, -0.1) is 0 Å². The summed E-state index contributed by atoms with van der Waals surface area (Å²) in [4.78, 5) is 12.9. The quantitative estimate of drug-likeness (QED) is 0.613. The zero-order chi connectivity index (χ0) is 21.3. The predicted octanol–water partition coefficient (Wildman–Crippen LogP) is 3.01. The fourth-order valence-corrected chi connectivity index (χ4v) is 4.89. The third kappa shape index (κ3) is 3.91. The van der Waals surface area contributed by atoms with Gasteiger partial charge in [0.2, 0.25) is 10.0 Å². The summed E-state index contributed by atoms with van der Waals surface area (Å²) in [6, 6.07) is 13.4. The van der Waals surface area contributed by atoms with Crippen LogP contribution in [0.2, 0.25) is 0 Å². The Balaban J connectivity index is 1.48. The molecule has 0 radical (unpaired) electrons. The lowest BCUT2D eigenvalue weighted by atomic mass is 10.2. The smallest absolute Gasteiger partial charge is 0.497 e. The van der Waals surface area contributed by atoms with Crippen LogP contribution in [0.15, 0.2) is 57.8 Å². The van der Waals surface area contributed by atoms with Crippen LogP contribution >= 0.6 is 0 Å². The number of hydrogen-bond acceptors (Lipinski definition) is 7. The van der Waals surface area contributed by atoms with Crippen LogP contribution in [0.5, 0.6) is 11.7 Å². The first kappa shape index (κ1) is 20.0. The number of furan rings is 1. The maximum atomic E-state index is 12.9. The number of methoxy groups -OCH3 is 1. The van der Waals surface area contributed by atoms with E-state index in [1.165, 1.54) is 23.5 Å². The molecule has 1 saturated heterocycles. The van der Waals surface area contributed by atoms with Gasteiger partial charge in [-0.3, -0.25) is 0 Å². The number of benzene rings is 2. The highest BCUT2D eigenvalue weighted by Crippen LogP contribution is 2.30. The highest BCUT2D eigenvalue weighted by molar-refractivity contribution is 7.89. The van der Waals surface area contributed by atoms with Crippen LogP contribution in [-0.2, 0) is 10.0 Å². The molecular formula is C20H20N2O7S. The molecule has 1 aliphatic heterocycles. The number of ether oxygens (including phenoxy) is 2. The van der Waals surface area contributed by atoms with Crippen LogP contribution < -0.4 is 14.4 Å². The van der Waals surface area contributed by atoms with Gasteiger partial charge in [-0.25, -0.2) is 13.2 Å². The van der Waals surface area contributed by atoms with Crippen molar-refractivity contribution >= 4 is 32.8 Å². The molecule has 0 bridgehead atoms. The third-order valence-electron chi connectivity index (χ3n) is 4.95. The van der Waals surface area contributed by atoms with E-state index in [4.69, 9.17) is 14.3 Å². The van der Waals surface area contributed by atoms with Crippen molar-refractivity contribution in [3.63, 3.8) is 0 Å². The molecule has 1 aliphatic rings. The number of sulfonamides is 1. The summed E-state index contributed by atoms with van der Waals surface area (Å²) in [7, 11) is -2.11. The summed E-state index contributed by atoms with van der Waals surface area (Å²) in [5, 5.41) is 9.41. The van der Waals surface area contributed by atoms with Crippen molar-refractivity contribution in [1.29, 1.82) is 0 Å². The molecule has 3 aromatic rings. The molecule has 0 unspecified atom stereocenters. The average Bonchev–Trinajstić information content (AvgIpc) is 3.14. The first-order valence-corrected chi connectivity index (χ1v) is 10.6. The van der Waals surface area contributed by atoms with Gasteiger partial charge in [0.25, 0.3) is 5.95 Å². The van der Waals surface area contributed by atoms with Gasteiger partial charge in [-0.2, -0.15) is 4.31 Å². The number of piperazine rings is 1. The molecule has 1 aromatic heterocycles. The van der Waals surface area contributed by atoms with E-state index in [0.29, 0.717) is 42.9 Å². The Morgan fingerprint density at radius 2 is 1.83 bits per heavy atom. The number of rotatable bonds is 5. The van der Waals surface area contributed by atoms with Crippen LogP contribution in [0, 0.1) is 0 Å². The zero-order valence-electron chi connectivity index (χ0n) is 16.1. The molecule has 30 heavy (non-hydrogen) atoms. The van der Waals surface area contributed by atoms with Gasteiger partial charge >= 0.3 is 6.16 Å².